The first kappa shape index (κ1) is 25.3. The van der Waals surface area contributed by atoms with Crippen molar-refractivity contribution in [2.45, 2.75) is 82.4 Å². The average molecular weight is 528 g/mol. The topological polar surface area (TPSA) is 134 Å². The molecule has 4 aliphatic heterocycles. The number of nitrogens with zero attached hydrogens (tertiary/aromatic N) is 3. The number of carbonyl (C=O) groups excluding carboxylic acids is 2. The molecule has 0 saturated carbocycles. The van der Waals surface area contributed by atoms with Gasteiger partial charge in [0.1, 0.15) is 35.6 Å². The van der Waals surface area contributed by atoms with E-state index in [1.54, 1.807) is 36.6 Å². The Morgan fingerprint density at radius 1 is 1.21 bits per heavy atom. The van der Waals surface area contributed by atoms with Gasteiger partial charge in [-0.25, -0.2) is 9.78 Å². The minimum atomic E-state index is -2.61. The number of allylic oxidation sites excluding steroid dienone is 1. The molecule has 6 rings (SSSR count). The number of hydrogen-bond acceptors (Lipinski definition) is 8. The molecule has 5 heterocycles. The van der Waals surface area contributed by atoms with Crippen molar-refractivity contribution in [1.29, 1.82) is 0 Å². The van der Waals surface area contributed by atoms with E-state index in [0.717, 1.165) is 10.5 Å². The van der Waals surface area contributed by atoms with Gasteiger partial charge in [0.25, 0.3) is 11.6 Å². The zero-order valence-electron chi connectivity index (χ0n) is 22.0. The zero-order valence-corrected chi connectivity index (χ0v) is 22.0. The third-order valence-electron chi connectivity index (χ3n) is 8.32. The monoisotopic (exact) mass is 527 g/mol. The van der Waals surface area contributed by atoms with Crippen LogP contribution in [0.2, 0.25) is 0 Å². The molecule has 0 spiro atoms. The lowest BCUT2D eigenvalue weighted by atomic mass is 9.78. The van der Waals surface area contributed by atoms with Crippen LogP contribution in [0, 0.1) is 0 Å². The summed E-state index contributed by atoms with van der Waals surface area (Å²) in [6.45, 7) is 7.32. The number of carbonyl (C=O) groups is 2. The van der Waals surface area contributed by atoms with Gasteiger partial charge in [-0.2, -0.15) is 0 Å². The van der Waals surface area contributed by atoms with Gasteiger partial charge in [0, 0.05) is 23.6 Å². The summed E-state index contributed by atoms with van der Waals surface area (Å²) in [5.41, 5.74) is -1.90. The second kappa shape index (κ2) is 8.27. The molecule has 1 aromatic heterocycles. The standard InChI is InChI=1S/C27H33N3O8/c1-13(2)11-18-29-17-12-14(36-5)8-9-15(17)19-20(29)21(23(32)26(3,4)38-37-18)30-24(33)16-7-6-10-28(16)25(34)27(30,35)22(19)31/h8-9,11-12,16,18,21-23,31-32,35H,6-7,10H2,1-5H3/t16-,18+,21+,22-,23+,27+/m0/s1. The average Bonchev–Trinajstić information content (AvgIpc) is 3.49. The summed E-state index contributed by atoms with van der Waals surface area (Å²) in [7, 11) is 1.53. The summed E-state index contributed by atoms with van der Waals surface area (Å²) < 4.78 is 7.20. The number of methoxy groups -OCH3 is 1. The van der Waals surface area contributed by atoms with Crippen LogP contribution in [-0.2, 0) is 19.4 Å². The Balaban J connectivity index is 1.74. The normalized spacial score (nSPS) is 33.8. The van der Waals surface area contributed by atoms with Crippen LogP contribution in [0.3, 0.4) is 0 Å². The molecular formula is C27H33N3O8. The van der Waals surface area contributed by atoms with E-state index in [2.05, 4.69) is 0 Å². The second-order valence-electron chi connectivity index (χ2n) is 11.4. The predicted molar refractivity (Wildman–Crippen MR) is 133 cm³/mol. The molecule has 204 valence electrons. The largest absolute Gasteiger partial charge is 0.497 e. The van der Waals surface area contributed by atoms with Gasteiger partial charge in [-0.3, -0.25) is 14.5 Å². The van der Waals surface area contributed by atoms with E-state index in [4.69, 9.17) is 14.5 Å². The third kappa shape index (κ3) is 3.13. The summed E-state index contributed by atoms with van der Waals surface area (Å²) in [4.78, 5) is 41.9. The molecule has 0 aliphatic carbocycles. The number of piperazine rings is 1. The molecule has 38 heavy (non-hydrogen) atoms. The van der Waals surface area contributed by atoms with Crippen molar-refractivity contribution in [3.8, 4) is 5.75 Å². The maximum absolute atomic E-state index is 14.0. The Bertz CT molecular complexity index is 1380. The highest BCUT2D eigenvalue weighted by Gasteiger charge is 2.68. The number of hydrogen-bond donors (Lipinski definition) is 3. The maximum atomic E-state index is 14.0. The minimum absolute atomic E-state index is 0.248. The van der Waals surface area contributed by atoms with Gasteiger partial charge in [0.05, 0.1) is 18.3 Å². The van der Waals surface area contributed by atoms with Crippen LogP contribution in [-0.4, -0.2) is 78.6 Å². The fourth-order valence-electron chi connectivity index (χ4n) is 6.48. The molecule has 1 aromatic carbocycles. The van der Waals surface area contributed by atoms with Gasteiger partial charge >= 0.3 is 0 Å². The van der Waals surface area contributed by atoms with Crippen molar-refractivity contribution in [1.82, 2.24) is 14.4 Å². The van der Waals surface area contributed by atoms with Gasteiger partial charge < -0.3 is 29.5 Å². The van der Waals surface area contributed by atoms with Crippen molar-refractivity contribution < 1.29 is 39.4 Å². The van der Waals surface area contributed by atoms with E-state index < -0.39 is 53.7 Å². The highest BCUT2D eigenvalue weighted by atomic mass is 17.2. The van der Waals surface area contributed by atoms with Crippen molar-refractivity contribution in [2.75, 3.05) is 13.7 Å². The SMILES string of the molecule is COc1ccc2c3c4n(c2c1)[C@@H](C=C(C)C)OOC(C)(C)[C@H](O)[C@@H]4N1C(=O)[C@@H]2CCCN2C(=O)[C@]1(O)[C@H]3O. The Morgan fingerprint density at radius 2 is 1.95 bits per heavy atom. The minimum Gasteiger partial charge on any atom is -0.497 e. The van der Waals surface area contributed by atoms with E-state index in [1.165, 1.54) is 12.0 Å². The maximum Gasteiger partial charge on any atom is 0.279 e. The summed E-state index contributed by atoms with van der Waals surface area (Å²) in [6.07, 6.45) is -1.23. The van der Waals surface area contributed by atoms with Gasteiger partial charge in [-0.1, -0.05) is 5.57 Å². The van der Waals surface area contributed by atoms with Gasteiger partial charge in [-0.05, 0) is 58.7 Å². The molecule has 11 nitrogen and oxygen atoms in total. The molecule has 2 saturated heterocycles. The predicted octanol–water partition coefficient (Wildman–Crippen LogP) is 1.83. The number of rotatable bonds is 2. The molecule has 2 fully saturated rings. The highest BCUT2D eigenvalue weighted by Crippen LogP contribution is 2.55. The van der Waals surface area contributed by atoms with Crippen LogP contribution in [0.15, 0.2) is 29.8 Å². The fraction of sp³-hybridized carbons (Fsp3) is 0.556. The number of fused-ring (bicyclic) bond motifs is 6. The van der Waals surface area contributed by atoms with Crippen LogP contribution < -0.4 is 4.74 Å². The molecule has 11 heteroatoms. The third-order valence-corrected chi connectivity index (χ3v) is 8.32. The van der Waals surface area contributed by atoms with Crippen LogP contribution in [0.25, 0.3) is 10.9 Å². The lowest BCUT2D eigenvalue weighted by Crippen LogP contribution is -2.76. The van der Waals surface area contributed by atoms with Crippen LogP contribution in [0.1, 0.15) is 70.2 Å². The van der Waals surface area contributed by atoms with Crippen molar-refractivity contribution >= 4 is 22.7 Å². The molecule has 4 aliphatic rings. The Morgan fingerprint density at radius 3 is 2.63 bits per heavy atom. The van der Waals surface area contributed by atoms with Crippen LogP contribution in [0.4, 0.5) is 0 Å². The van der Waals surface area contributed by atoms with Crippen LogP contribution >= 0.6 is 0 Å². The van der Waals surface area contributed by atoms with Crippen LogP contribution in [0.5, 0.6) is 5.75 Å². The second-order valence-corrected chi connectivity index (χ2v) is 11.4. The number of ether oxygens (including phenoxy) is 1. The first-order valence-electron chi connectivity index (χ1n) is 12.9. The molecule has 0 bridgehead atoms. The van der Waals surface area contributed by atoms with Crippen molar-refractivity contribution in [2.24, 2.45) is 0 Å². The van der Waals surface area contributed by atoms with Crippen molar-refractivity contribution in [3.63, 3.8) is 0 Å². The summed E-state index contributed by atoms with van der Waals surface area (Å²) in [6, 6.07) is 3.18. The number of benzene rings is 1. The lowest BCUT2D eigenvalue weighted by molar-refractivity contribution is -0.406. The highest BCUT2D eigenvalue weighted by molar-refractivity contribution is 6.02. The Hall–Kier alpha value is -2.96. The summed E-state index contributed by atoms with van der Waals surface area (Å²) >= 11 is 0. The molecule has 6 atom stereocenters. The van der Waals surface area contributed by atoms with E-state index in [0.29, 0.717) is 41.7 Å². The van der Waals surface area contributed by atoms with Gasteiger partial charge in [0.15, 0.2) is 6.23 Å². The first-order valence-corrected chi connectivity index (χ1v) is 12.9. The number of amides is 2. The fourth-order valence-corrected chi connectivity index (χ4v) is 6.48. The van der Waals surface area contributed by atoms with Gasteiger partial charge in [0.2, 0.25) is 5.91 Å². The number of aliphatic hydroxyl groups excluding tert-OH is 2. The van der Waals surface area contributed by atoms with E-state index in [9.17, 15) is 24.9 Å². The quantitative estimate of drug-likeness (QED) is 0.398. The first-order chi connectivity index (χ1) is 17.9. The van der Waals surface area contributed by atoms with E-state index in [1.807, 2.05) is 19.9 Å². The number of aromatic nitrogens is 1. The molecule has 0 unspecified atom stereocenters. The molecule has 2 amide bonds. The molecular weight excluding hydrogens is 494 g/mol. The molecule has 3 N–H and O–H groups in total. The molecule has 2 aromatic rings. The Kier molecular flexibility index (Phi) is 5.51. The van der Waals surface area contributed by atoms with Crippen molar-refractivity contribution in [3.05, 3.63) is 41.1 Å². The van der Waals surface area contributed by atoms with Gasteiger partial charge in [-0.15, -0.1) is 0 Å². The Labute approximate surface area is 219 Å². The number of aliphatic hydroxyl groups is 3. The van der Waals surface area contributed by atoms with E-state index >= 15 is 0 Å². The lowest BCUT2D eigenvalue weighted by Gasteiger charge is -2.57. The molecule has 0 radical (unpaired) electrons. The van der Waals surface area contributed by atoms with E-state index in [-0.39, 0.29) is 5.56 Å². The zero-order chi connectivity index (χ0) is 27.3. The summed E-state index contributed by atoms with van der Waals surface area (Å²) in [5, 5.41) is 36.3. The summed E-state index contributed by atoms with van der Waals surface area (Å²) in [5.74, 6) is -0.750. The smallest absolute Gasteiger partial charge is 0.279 e.